The molecule has 104 valence electrons. The van der Waals surface area contributed by atoms with Gasteiger partial charge in [-0.2, -0.15) is 0 Å². The summed E-state index contributed by atoms with van der Waals surface area (Å²) in [6.07, 6.45) is 1.05. The first-order valence-corrected chi connectivity index (χ1v) is 6.86. The Morgan fingerprint density at radius 1 is 1.42 bits per heavy atom. The summed E-state index contributed by atoms with van der Waals surface area (Å²) in [5, 5.41) is 23.3. The molecule has 0 bridgehead atoms. The fourth-order valence-electron chi connectivity index (χ4n) is 1.94. The molecule has 0 unspecified atom stereocenters. The minimum atomic E-state index is -1.06. The van der Waals surface area contributed by atoms with E-state index in [1.165, 1.54) is 17.4 Å². The molecule has 3 N–H and O–H groups in total. The van der Waals surface area contributed by atoms with Gasteiger partial charge in [0, 0.05) is 13.1 Å². The van der Waals surface area contributed by atoms with Crippen molar-refractivity contribution in [3.05, 3.63) is 17.0 Å². The first-order chi connectivity index (χ1) is 8.89. The maximum Gasteiger partial charge on any atom is 0.338 e. The maximum absolute atomic E-state index is 12.0. The third-order valence-electron chi connectivity index (χ3n) is 3.24. The molecule has 1 aromatic rings. The van der Waals surface area contributed by atoms with Gasteiger partial charge in [0.15, 0.2) is 0 Å². The predicted molar refractivity (Wildman–Crippen MR) is 71.7 cm³/mol. The lowest BCUT2D eigenvalue weighted by molar-refractivity contribution is 0.00570. The predicted octanol–water partition coefficient (Wildman–Crippen LogP) is 1.83. The topological polar surface area (TPSA) is 89.9 Å². The van der Waals surface area contributed by atoms with Crippen LogP contribution in [0.1, 0.15) is 30.1 Å². The van der Waals surface area contributed by atoms with Gasteiger partial charge in [-0.25, -0.2) is 9.59 Å². The lowest BCUT2D eigenvalue weighted by Gasteiger charge is -2.35. The van der Waals surface area contributed by atoms with Gasteiger partial charge in [0.05, 0.1) is 11.2 Å². The van der Waals surface area contributed by atoms with Crippen LogP contribution in [0.3, 0.4) is 0 Å². The number of carboxylic acid groups (broad SMARTS) is 1. The van der Waals surface area contributed by atoms with E-state index < -0.39 is 11.6 Å². The first-order valence-electron chi connectivity index (χ1n) is 5.98. The molecule has 2 heterocycles. The number of likely N-dealkylation sites (tertiary alicyclic amines) is 1. The molecule has 1 fully saturated rings. The number of rotatable bonds is 2. The van der Waals surface area contributed by atoms with E-state index in [1.807, 2.05) is 0 Å². The van der Waals surface area contributed by atoms with Crippen LogP contribution in [-0.2, 0) is 0 Å². The van der Waals surface area contributed by atoms with E-state index in [2.05, 4.69) is 5.32 Å². The number of urea groups is 1. The highest BCUT2D eigenvalue weighted by Gasteiger charge is 2.30. The van der Waals surface area contributed by atoms with Crippen LogP contribution in [0, 0.1) is 0 Å². The minimum Gasteiger partial charge on any atom is -0.478 e. The molecule has 7 heteroatoms. The fourth-order valence-corrected chi connectivity index (χ4v) is 2.71. The van der Waals surface area contributed by atoms with Crippen LogP contribution in [0.2, 0.25) is 0 Å². The molecule has 2 rings (SSSR count). The molecule has 0 aliphatic carbocycles. The standard InChI is InChI=1S/C12H16N2O4S/c1-12(18)3-5-14(6-4-12)11(17)13-9-8(10(15)16)2-7-19-9/h2,7,18H,3-6H2,1H3,(H,13,17)(H,15,16). The van der Waals surface area contributed by atoms with Crippen molar-refractivity contribution < 1.29 is 19.8 Å². The van der Waals surface area contributed by atoms with Crippen LogP contribution in [0.15, 0.2) is 11.4 Å². The van der Waals surface area contributed by atoms with E-state index >= 15 is 0 Å². The Morgan fingerprint density at radius 3 is 2.63 bits per heavy atom. The van der Waals surface area contributed by atoms with Crippen molar-refractivity contribution in [2.45, 2.75) is 25.4 Å². The smallest absolute Gasteiger partial charge is 0.338 e. The van der Waals surface area contributed by atoms with Gasteiger partial charge in [0.1, 0.15) is 5.00 Å². The van der Waals surface area contributed by atoms with Gasteiger partial charge in [0.2, 0.25) is 0 Å². The number of aliphatic hydroxyl groups is 1. The van der Waals surface area contributed by atoms with Crippen LogP contribution in [0.25, 0.3) is 0 Å². The summed E-state index contributed by atoms with van der Waals surface area (Å²) in [4.78, 5) is 24.5. The van der Waals surface area contributed by atoms with Crippen LogP contribution < -0.4 is 5.32 Å². The van der Waals surface area contributed by atoms with Gasteiger partial charge in [0.25, 0.3) is 0 Å². The summed E-state index contributed by atoms with van der Waals surface area (Å²) >= 11 is 1.18. The van der Waals surface area contributed by atoms with Gasteiger partial charge in [-0.05, 0) is 31.2 Å². The second-order valence-electron chi connectivity index (χ2n) is 4.88. The molecular formula is C12H16N2O4S. The molecule has 1 aliphatic heterocycles. The van der Waals surface area contributed by atoms with Crippen molar-refractivity contribution in [2.75, 3.05) is 18.4 Å². The van der Waals surface area contributed by atoms with Crippen LogP contribution in [-0.4, -0.2) is 45.8 Å². The van der Waals surface area contributed by atoms with Gasteiger partial charge in [-0.15, -0.1) is 11.3 Å². The molecular weight excluding hydrogens is 268 g/mol. The summed E-state index contributed by atoms with van der Waals surface area (Å²) in [7, 11) is 0. The number of piperidine rings is 1. The molecule has 1 aromatic heterocycles. The van der Waals surface area contributed by atoms with Crippen LogP contribution >= 0.6 is 11.3 Å². The molecule has 0 aromatic carbocycles. The van der Waals surface area contributed by atoms with E-state index in [0.29, 0.717) is 30.9 Å². The third kappa shape index (κ3) is 3.24. The molecule has 0 saturated carbocycles. The van der Waals surface area contributed by atoms with Crippen LogP contribution in [0.4, 0.5) is 9.80 Å². The number of aromatic carboxylic acids is 1. The number of thiophene rings is 1. The van der Waals surface area contributed by atoms with Crippen molar-refractivity contribution in [3.63, 3.8) is 0 Å². The molecule has 2 amide bonds. The average molecular weight is 284 g/mol. The molecule has 19 heavy (non-hydrogen) atoms. The summed E-state index contributed by atoms with van der Waals surface area (Å²) in [5.41, 5.74) is -0.617. The number of hydrogen-bond acceptors (Lipinski definition) is 4. The second-order valence-corrected chi connectivity index (χ2v) is 5.80. The maximum atomic E-state index is 12.0. The number of anilines is 1. The monoisotopic (exact) mass is 284 g/mol. The lowest BCUT2D eigenvalue weighted by atomic mass is 9.94. The fraction of sp³-hybridized carbons (Fsp3) is 0.500. The highest BCUT2D eigenvalue weighted by Crippen LogP contribution is 2.25. The third-order valence-corrected chi connectivity index (χ3v) is 4.07. The Kier molecular flexibility index (Phi) is 3.77. The summed E-state index contributed by atoms with van der Waals surface area (Å²) in [6, 6.07) is 1.14. The molecule has 0 spiro atoms. The Labute approximate surface area is 114 Å². The summed E-state index contributed by atoms with van der Waals surface area (Å²) < 4.78 is 0. The highest BCUT2D eigenvalue weighted by molar-refractivity contribution is 7.14. The quantitative estimate of drug-likeness (QED) is 0.772. The Morgan fingerprint density at radius 2 is 2.05 bits per heavy atom. The number of nitrogens with zero attached hydrogens (tertiary/aromatic N) is 1. The van der Waals surface area contributed by atoms with E-state index in [4.69, 9.17) is 5.11 Å². The van der Waals surface area contributed by atoms with E-state index in [-0.39, 0.29) is 11.6 Å². The number of carbonyl (C=O) groups is 2. The molecule has 0 radical (unpaired) electrons. The molecule has 6 nitrogen and oxygen atoms in total. The van der Waals surface area contributed by atoms with Gasteiger partial charge in [-0.1, -0.05) is 0 Å². The van der Waals surface area contributed by atoms with Crippen molar-refractivity contribution >= 4 is 28.3 Å². The Bertz CT molecular complexity index is 488. The zero-order valence-electron chi connectivity index (χ0n) is 10.5. The average Bonchev–Trinajstić information content (AvgIpc) is 2.77. The summed E-state index contributed by atoms with van der Waals surface area (Å²) in [6.45, 7) is 2.68. The zero-order valence-corrected chi connectivity index (χ0v) is 11.4. The van der Waals surface area contributed by atoms with Crippen molar-refractivity contribution in [2.24, 2.45) is 0 Å². The molecule has 1 saturated heterocycles. The van der Waals surface area contributed by atoms with Crippen molar-refractivity contribution in [1.82, 2.24) is 4.90 Å². The minimum absolute atomic E-state index is 0.0994. The van der Waals surface area contributed by atoms with Gasteiger partial charge in [-0.3, -0.25) is 5.32 Å². The van der Waals surface area contributed by atoms with Crippen molar-refractivity contribution in [1.29, 1.82) is 0 Å². The van der Waals surface area contributed by atoms with Crippen LogP contribution in [0.5, 0.6) is 0 Å². The number of hydrogen-bond donors (Lipinski definition) is 3. The number of carbonyl (C=O) groups excluding carboxylic acids is 1. The second kappa shape index (κ2) is 5.18. The SMILES string of the molecule is CC1(O)CCN(C(=O)Nc2sccc2C(=O)O)CC1. The molecule has 0 atom stereocenters. The summed E-state index contributed by atoms with van der Waals surface area (Å²) in [5.74, 6) is -1.06. The zero-order chi connectivity index (χ0) is 14.0. The number of amides is 2. The van der Waals surface area contributed by atoms with Gasteiger partial charge >= 0.3 is 12.0 Å². The highest BCUT2D eigenvalue weighted by atomic mass is 32.1. The van der Waals surface area contributed by atoms with Crippen molar-refractivity contribution in [3.8, 4) is 0 Å². The van der Waals surface area contributed by atoms with E-state index in [9.17, 15) is 14.7 Å². The normalized spacial score (nSPS) is 18.1. The first kappa shape index (κ1) is 13.8. The lowest BCUT2D eigenvalue weighted by Crippen LogP contribution is -2.46. The Balaban J connectivity index is 1.98. The number of nitrogens with one attached hydrogen (secondary N) is 1. The van der Waals surface area contributed by atoms with E-state index in [0.717, 1.165) is 0 Å². The molecule has 1 aliphatic rings. The largest absolute Gasteiger partial charge is 0.478 e. The van der Waals surface area contributed by atoms with E-state index in [1.54, 1.807) is 17.2 Å². The number of carboxylic acids is 1. The van der Waals surface area contributed by atoms with Gasteiger partial charge < -0.3 is 15.1 Å². The Hall–Kier alpha value is -1.60.